The van der Waals surface area contributed by atoms with Crippen molar-refractivity contribution in [1.29, 1.82) is 0 Å². The van der Waals surface area contributed by atoms with Crippen LogP contribution in [0.25, 0.3) is 11.1 Å². The van der Waals surface area contributed by atoms with Crippen molar-refractivity contribution in [2.45, 2.75) is 187 Å². The molecule has 1 unspecified atom stereocenters. The van der Waals surface area contributed by atoms with Crippen molar-refractivity contribution in [3.8, 4) is 16.9 Å². The van der Waals surface area contributed by atoms with Crippen LogP contribution in [0.4, 0.5) is 0 Å². The third-order valence-electron chi connectivity index (χ3n) is 9.45. The number of hydrogen-bond donors (Lipinski definition) is 0. The summed E-state index contributed by atoms with van der Waals surface area (Å²) in [6.07, 6.45) is 34.6. The lowest BCUT2D eigenvalue weighted by molar-refractivity contribution is 0.0627. The van der Waals surface area contributed by atoms with Gasteiger partial charge >= 0.3 is 0 Å². The van der Waals surface area contributed by atoms with Gasteiger partial charge in [0.2, 0.25) is 0 Å². The van der Waals surface area contributed by atoms with Gasteiger partial charge in [0.05, 0.1) is 12.7 Å². The van der Waals surface area contributed by atoms with Crippen molar-refractivity contribution in [2.24, 2.45) is 0 Å². The zero-order chi connectivity index (χ0) is 32.0. The third-order valence-corrected chi connectivity index (χ3v) is 9.45. The van der Waals surface area contributed by atoms with E-state index in [9.17, 15) is 0 Å². The van der Waals surface area contributed by atoms with E-state index in [2.05, 4.69) is 69.3 Å². The first-order valence-corrected chi connectivity index (χ1v) is 19.7. The van der Waals surface area contributed by atoms with E-state index in [1.165, 1.54) is 171 Å². The van der Waals surface area contributed by atoms with E-state index in [1.807, 2.05) is 0 Å². The Morgan fingerprint density at radius 1 is 0.400 bits per heavy atom. The van der Waals surface area contributed by atoms with Crippen molar-refractivity contribution < 1.29 is 9.47 Å². The second kappa shape index (κ2) is 28.4. The molecule has 1 atom stereocenters. The maximum absolute atomic E-state index is 6.17. The standard InChI is InChI=1S/C43H72O2/c1-4-6-8-10-12-14-16-18-20-21-23-25-27-37-44-39(3)40-29-31-41(32-30-40)42-33-35-43(36-34-42)45-38-28-26-24-22-19-17-15-13-11-9-7-5-2/h29-36,39H,4-28,37-38H2,1-3H3. The van der Waals surface area contributed by atoms with Gasteiger partial charge < -0.3 is 9.47 Å². The van der Waals surface area contributed by atoms with Crippen molar-refractivity contribution in [1.82, 2.24) is 0 Å². The molecule has 2 rings (SSSR count). The Hall–Kier alpha value is -1.80. The van der Waals surface area contributed by atoms with Crippen LogP contribution in [0.1, 0.15) is 193 Å². The molecule has 45 heavy (non-hydrogen) atoms. The van der Waals surface area contributed by atoms with E-state index < -0.39 is 0 Å². The van der Waals surface area contributed by atoms with Gasteiger partial charge in [0.1, 0.15) is 5.75 Å². The zero-order valence-corrected chi connectivity index (χ0v) is 30.1. The summed E-state index contributed by atoms with van der Waals surface area (Å²) >= 11 is 0. The Morgan fingerprint density at radius 2 is 0.733 bits per heavy atom. The van der Waals surface area contributed by atoms with E-state index in [0.717, 1.165) is 25.4 Å². The molecule has 0 amide bonds. The SMILES string of the molecule is CCCCCCCCCCCCCCCOC(C)c1ccc(-c2ccc(OCCCCCCCCCCCCCC)cc2)cc1. The lowest BCUT2D eigenvalue weighted by atomic mass is 10.0. The Morgan fingerprint density at radius 3 is 1.13 bits per heavy atom. The molecule has 0 bridgehead atoms. The molecule has 0 N–H and O–H groups in total. The molecule has 0 radical (unpaired) electrons. The van der Waals surface area contributed by atoms with E-state index in [1.54, 1.807) is 0 Å². The quantitative estimate of drug-likeness (QED) is 0.0781. The third kappa shape index (κ3) is 20.8. The van der Waals surface area contributed by atoms with Crippen molar-refractivity contribution in [2.75, 3.05) is 13.2 Å². The highest BCUT2D eigenvalue weighted by atomic mass is 16.5. The van der Waals surface area contributed by atoms with Crippen LogP contribution in [-0.4, -0.2) is 13.2 Å². The van der Waals surface area contributed by atoms with Crippen LogP contribution >= 0.6 is 0 Å². The number of rotatable bonds is 31. The molecule has 2 nitrogen and oxygen atoms in total. The summed E-state index contributed by atoms with van der Waals surface area (Å²) < 4.78 is 12.2. The fourth-order valence-electron chi connectivity index (χ4n) is 6.30. The van der Waals surface area contributed by atoms with Crippen molar-refractivity contribution >= 4 is 0 Å². The maximum atomic E-state index is 6.17. The fourth-order valence-corrected chi connectivity index (χ4v) is 6.30. The van der Waals surface area contributed by atoms with Crippen LogP contribution in [0.2, 0.25) is 0 Å². The summed E-state index contributed by atoms with van der Waals surface area (Å²) in [5, 5.41) is 0. The maximum Gasteiger partial charge on any atom is 0.119 e. The van der Waals surface area contributed by atoms with Crippen LogP contribution in [-0.2, 0) is 4.74 Å². The molecule has 0 aliphatic heterocycles. The van der Waals surface area contributed by atoms with Crippen LogP contribution in [0, 0.1) is 0 Å². The molecule has 0 aliphatic carbocycles. The predicted octanol–water partition coefficient (Wildman–Crippen LogP) is 14.6. The topological polar surface area (TPSA) is 18.5 Å². The first-order chi connectivity index (χ1) is 22.2. The molecule has 0 saturated heterocycles. The Labute approximate surface area is 280 Å². The van der Waals surface area contributed by atoms with Gasteiger partial charge in [0.25, 0.3) is 0 Å². The molecule has 2 aromatic carbocycles. The molecule has 0 heterocycles. The molecule has 0 aromatic heterocycles. The fraction of sp³-hybridized carbons (Fsp3) is 0.721. The Balaban J connectivity index is 1.47. The Kier molecular flexibility index (Phi) is 24.9. The molecule has 0 aliphatic rings. The molecule has 0 fully saturated rings. The predicted molar refractivity (Wildman–Crippen MR) is 199 cm³/mol. The van der Waals surface area contributed by atoms with E-state index in [0.29, 0.717) is 0 Å². The highest BCUT2D eigenvalue weighted by Gasteiger charge is 2.07. The molecule has 256 valence electrons. The van der Waals surface area contributed by atoms with Crippen molar-refractivity contribution in [3.63, 3.8) is 0 Å². The normalized spacial score (nSPS) is 12.1. The van der Waals surface area contributed by atoms with Crippen molar-refractivity contribution in [3.05, 3.63) is 54.1 Å². The summed E-state index contributed by atoms with van der Waals surface area (Å²) in [5.41, 5.74) is 3.74. The Bertz CT molecular complexity index is 887. The summed E-state index contributed by atoms with van der Waals surface area (Å²) in [5.74, 6) is 0.980. The highest BCUT2D eigenvalue weighted by molar-refractivity contribution is 5.64. The molecule has 2 heteroatoms. The number of benzene rings is 2. The van der Waals surface area contributed by atoms with Gasteiger partial charge in [-0.15, -0.1) is 0 Å². The largest absolute Gasteiger partial charge is 0.494 e. The lowest BCUT2D eigenvalue weighted by Crippen LogP contribution is -2.01. The van der Waals surface area contributed by atoms with Crippen LogP contribution in [0.15, 0.2) is 48.5 Å². The summed E-state index contributed by atoms with van der Waals surface area (Å²) in [7, 11) is 0. The second-order valence-electron chi connectivity index (χ2n) is 13.6. The smallest absolute Gasteiger partial charge is 0.119 e. The first kappa shape index (κ1) is 39.4. The van der Waals surface area contributed by atoms with Gasteiger partial charge in [-0.25, -0.2) is 0 Å². The number of hydrogen-bond acceptors (Lipinski definition) is 2. The van der Waals surface area contributed by atoms with Crippen LogP contribution in [0.3, 0.4) is 0 Å². The summed E-state index contributed by atoms with van der Waals surface area (Å²) in [6.45, 7) is 8.45. The van der Waals surface area contributed by atoms with Gasteiger partial charge in [0, 0.05) is 6.61 Å². The number of ether oxygens (including phenoxy) is 2. The molecular formula is C43H72O2. The van der Waals surface area contributed by atoms with Gasteiger partial charge in [0.15, 0.2) is 0 Å². The number of unbranched alkanes of at least 4 members (excludes halogenated alkanes) is 23. The molecule has 0 saturated carbocycles. The zero-order valence-electron chi connectivity index (χ0n) is 30.1. The minimum Gasteiger partial charge on any atom is -0.494 e. The monoisotopic (exact) mass is 621 g/mol. The van der Waals surface area contributed by atoms with Gasteiger partial charge in [-0.1, -0.05) is 198 Å². The summed E-state index contributed by atoms with van der Waals surface area (Å²) in [6, 6.07) is 17.5. The minimum absolute atomic E-state index is 0.146. The second-order valence-corrected chi connectivity index (χ2v) is 13.6. The molecule has 0 spiro atoms. The minimum atomic E-state index is 0.146. The van der Waals surface area contributed by atoms with E-state index >= 15 is 0 Å². The van der Waals surface area contributed by atoms with Gasteiger partial charge in [-0.3, -0.25) is 0 Å². The first-order valence-electron chi connectivity index (χ1n) is 19.7. The average molecular weight is 621 g/mol. The molecule has 2 aromatic rings. The van der Waals surface area contributed by atoms with Gasteiger partial charge in [-0.2, -0.15) is 0 Å². The van der Waals surface area contributed by atoms with Crippen LogP contribution < -0.4 is 4.74 Å². The average Bonchev–Trinajstić information content (AvgIpc) is 3.07. The van der Waals surface area contributed by atoms with Crippen LogP contribution in [0.5, 0.6) is 5.75 Å². The van der Waals surface area contributed by atoms with E-state index in [4.69, 9.17) is 9.47 Å². The lowest BCUT2D eigenvalue weighted by Gasteiger charge is -2.14. The van der Waals surface area contributed by atoms with Gasteiger partial charge in [-0.05, 0) is 48.6 Å². The highest BCUT2D eigenvalue weighted by Crippen LogP contribution is 2.26. The summed E-state index contributed by atoms with van der Waals surface area (Å²) in [4.78, 5) is 0. The van der Waals surface area contributed by atoms with E-state index in [-0.39, 0.29) is 6.10 Å². The molecular weight excluding hydrogens is 548 g/mol.